The Kier molecular flexibility index (Phi) is 2.73. The molecule has 0 aromatic heterocycles. The fourth-order valence-corrected chi connectivity index (χ4v) is 1.94. The summed E-state index contributed by atoms with van der Waals surface area (Å²) in [7, 11) is 0. The van der Waals surface area contributed by atoms with Gasteiger partial charge in [0.2, 0.25) is 0 Å². The van der Waals surface area contributed by atoms with Crippen LogP contribution < -0.4 is 0 Å². The van der Waals surface area contributed by atoms with Gasteiger partial charge in [-0.3, -0.25) is 9.69 Å². The minimum absolute atomic E-state index is 0.259. The third kappa shape index (κ3) is 1.61. The quantitative estimate of drug-likeness (QED) is 0.678. The fourth-order valence-electron chi connectivity index (χ4n) is 1.94. The number of carbonyl (C=O) groups is 1. The molecular formula is C9H17NO2. The molecule has 3 nitrogen and oxygen atoms in total. The molecule has 0 aromatic rings. The van der Waals surface area contributed by atoms with Crippen molar-refractivity contribution in [3.05, 3.63) is 0 Å². The highest BCUT2D eigenvalue weighted by molar-refractivity contribution is 5.74. The first-order chi connectivity index (χ1) is 5.54. The topological polar surface area (TPSA) is 40.5 Å². The number of likely N-dealkylation sites (tertiary alicyclic amines) is 1. The van der Waals surface area contributed by atoms with Gasteiger partial charge in [0.1, 0.15) is 6.04 Å². The zero-order valence-corrected chi connectivity index (χ0v) is 7.95. The summed E-state index contributed by atoms with van der Waals surface area (Å²) < 4.78 is 0. The van der Waals surface area contributed by atoms with Gasteiger partial charge in [0, 0.05) is 6.04 Å². The van der Waals surface area contributed by atoms with Gasteiger partial charge < -0.3 is 5.11 Å². The largest absolute Gasteiger partial charge is 0.480 e. The lowest BCUT2D eigenvalue weighted by molar-refractivity contribution is -0.143. The van der Waals surface area contributed by atoms with Crippen LogP contribution in [0.4, 0.5) is 0 Å². The maximum atomic E-state index is 10.9. The van der Waals surface area contributed by atoms with E-state index in [9.17, 15) is 4.79 Å². The van der Waals surface area contributed by atoms with Gasteiger partial charge >= 0.3 is 5.97 Å². The smallest absolute Gasteiger partial charge is 0.321 e. The van der Waals surface area contributed by atoms with Crippen molar-refractivity contribution < 1.29 is 9.90 Å². The number of nitrogens with zero attached hydrogens (tertiary/aromatic N) is 1. The molecule has 0 spiro atoms. The molecular weight excluding hydrogens is 154 g/mol. The average Bonchev–Trinajstić information content (AvgIpc) is 2.30. The van der Waals surface area contributed by atoms with E-state index in [4.69, 9.17) is 5.11 Å². The number of aliphatic carboxylic acids is 1. The Hall–Kier alpha value is -0.570. The maximum absolute atomic E-state index is 10.9. The van der Waals surface area contributed by atoms with Gasteiger partial charge in [-0.15, -0.1) is 0 Å². The Labute approximate surface area is 73.4 Å². The molecule has 0 bridgehead atoms. The molecule has 1 aliphatic rings. The molecule has 0 saturated carbocycles. The summed E-state index contributed by atoms with van der Waals surface area (Å²) in [5.74, 6) is -0.376. The first-order valence-corrected chi connectivity index (χ1v) is 4.52. The van der Waals surface area contributed by atoms with Crippen molar-refractivity contribution >= 4 is 5.97 Å². The second kappa shape index (κ2) is 3.44. The minimum atomic E-state index is -0.672. The van der Waals surface area contributed by atoms with Crippen LogP contribution in [0.15, 0.2) is 0 Å². The van der Waals surface area contributed by atoms with Gasteiger partial charge in [0.15, 0.2) is 0 Å². The Morgan fingerprint density at radius 2 is 2.17 bits per heavy atom. The summed E-state index contributed by atoms with van der Waals surface area (Å²) in [6.45, 7) is 7.04. The Morgan fingerprint density at radius 3 is 2.50 bits per heavy atom. The molecule has 0 amide bonds. The molecule has 1 N–H and O–H groups in total. The maximum Gasteiger partial charge on any atom is 0.321 e. The zero-order chi connectivity index (χ0) is 9.30. The molecule has 1 heterocycles. The molecule has 3 heteroatoms. The van der Waals surface area contributed by atoms with Gasteiger partial charge in [-0.25, -0.2) is 0 Å². The summed E-state index contributed by atoms with van der Waals surface area (Å²) in [5, 5.41) is 8.96. The molecule has 0 aromatic carbocycles. The number of hydrogen-bond donors (Lipinski definition) is 1. The Bertz CT molecular complexity index is 179. The van der Waals surface area contributed by atoms with Crippen molar-refractivity contribution in [2.45, 2.75) is 39.3 Å². The molecule has 1 rings (SSSR count). The number of hydrogen-bond acceptors (Lipinski definition) is 2. The van der Waals surface area contributed by atoms with E-state index in [1.165, 1.54) is 0 Å². The van der Waals surface area contributed by atoms with E-state index in [0.717, 1.165) is 13.0 Å². The molecule has 2 atom stereocenters. The summed E-state index contributed by atoms with van der Waals surface area (Å²) in [5.41, 5.74) is 0. The second-order valence-electron chi connectivity index (χ2n) is 3.88. The standard InChI is InChI=1S/C9H17NO2/c1-6(2)10-5-4-7(3)8(10)9(11)12/h6-8H,4-5H2,1-3H3,(H,11,12)/t7-,8-/m1/s1. The third-order valence-electron chi connectivity index (χ3n) is 2.66. The van der Waals surface area contributed by atoms with Crippen LogP contribution in [0.25, 0.3) is 0 Å². The molecule has 12 heavy (non-hydrogen) atoms. The predicted molar refractivity (Wildman–Crippen MR) is 47.0 cm³/mol. The molecule has 0 aliphatic carbocycles. The van der Waals surface area contributed by atoms with E-state index in [2.05, 4.69) is 4.90 Å². The lowest BCUT2D eigenvalue weighted by Gasteiger charge is -2.26. The van der Waals surface area contributed by atoms with Crippen molar-refractivity contribution in [2.75, 3.05) is 6.54 Å². The zero-order valence-electron chi connectivity index (χ0n) is 7.95. The molecule has 0 radical (unpaired) electrons. The van der Waals surface area contributed by atoms with Crippen LogP contribution in [0.5, 0.6) is 0 Å². The number of carboxylic acids is 1. The van der Waals surface area contributed by atoms with Gasteiger partial charge in [0.05, 0.1) is 0 Å². The minimum Gasteiger partial charge on any atom is -0.480 e. The Morgan fingerprint density at radius 1 is 1.58 bits per heavy atom. The van der Waals surface area contributed by atoms with Crippen LogP contribution in [-0.4, -0.2) is 34.6 Å². The summed E-state index contributed by atoms with van der Waals surface area (Å²) in [4.78, 5) is 12.9. The lowest BCUT2D eigenvalue weighted by atomic mass is 10.0. The van der Waals surface area contributed by atoms with E-state index in [-0.39, 0.29) is 6.04 Å². The monoisotopic (exact) mass is 171 g/mol. The molecule has 1 aliphatic heterocycles. The fraction of sp³-hybridized carbons (Fsp3) is 0.889. The van der Waals surface area contributed by atoms with E-state index < -0.39 is 5.97 Å². The van der Waals surface area contributed by atoms with Gasteiger partial charge in [-0.1, -0.05) is 6.92 Å². The van der Waals surface area contributed by atoms with E-state index >= 15 is 0 Å². The van der Waals surface area contributed by atoms with E-state index in [1.807, 2.05) is 20.8 Å². The van der Waals surface area contributed by atoms with Crippen molar-refractivity contribution in [1.29, 1.82) is 0 Å². The van der Waals surface area contributed by atoms with Crippen LogP contribution in [0.1, 0.15) is 27.2 Å². The Balaban J connectivity index is 2.70. The van der Waals surface area contributed by atoms with Crippen molar-refractivity contribution in [2.24, 2.45) is 5.92 Å². The van der Waals surface area contributed by atoms with Crippen LogP contribution in [0, 0.1) is 5.92 Å². The first kappa shape index (κ1) is 9.52. The molecule has 0 unspecified atom stereocenters. The highest BCUT2D eigenvalue weighted by atomic mass is 16.4. The summed E-state index contributed by atoms with van der Waals surface area (Å²) >= 11 is 0. The SMILES string of the molecule is CC(C)N1CC[C@@H](C)[C@@H]1C(=O)O. The highest BCUT2D eigenvalue weighted by Gasteiger charge is 2.37. The summed E-state index contributed by atoms with van der Waals surface area (Å²) in [6.07, 6.45) is 1.01. The van der Waals surface area contributed by atoms with Crippen LogP contribution in [-0.2, 0) is 4.79 Å². The van der Waals surface area contributed by atoms with Crippen molar-refractivity contribution in [3.8, 4) is 0 Å². The van der Waals surface area contributed by atoms with Crippen molar-refractivity contribution in [1.82, 2.24) is 4.90 Å². The molecule has 1 fully saturated rings. The van der Waals surface area contributed by atoms with Crippen LogP contribution in [0.2, 0.25) is 0 Å². The normalized spacial score (nSPS) is 31.3. The van der Waals surface area contributed by atoms with Gasteiger partial charge in [0.25, 0.3) is 0 Å². The predicted octanol–water partition coefficient (Wildman–Crippen LogP) is 1.19. The lowest BCUT2D eigenvalue weighted by Crippen LogP contribution is -2.42. The second-order valence-corrected chi connectivity index (χ2v) is 3.88. The van der Waals surface area contributed by atoms with Gasteiger partial charge in [-0.2, -0.15) is 0 Å². The third-order valence-corrected chi connectivity index (χ3v) is 2.66. The van der Waals surface area contributed by atoms with Crippen LogP contribution in [0.3, 0.4) is 0 Å². The van der Waals surface area contributed by atoms with E-state index in [1.54, 1.807) is 0 Å². The average molecular weight is 171 g/mol. The molecule has 1 saturated heterocycles. The van der Waals surface area contributed by atoms with Crippen LogP contribution >= 0.6 is 0 Å². The summed E-state index contributed by atoms with van der Waals surface area (Å²) in [6, 6.07) is 0.0843. The molecule has 70 valence electrons. The number of carboxylic acid groups (broad SMARTS) is 1. The van der Waals surface area contributed by atoms with Crippen molar-refractivity contribution in [3.63, 3.8) is 0 Å². The highest BCUT2D eigenvalue weighted by Crippen LogP contribution is 2.25. The number of rotatable bonds is 2. The van der Waals surface area contributed by atoms with Gasteiger partial charge in [-0.05, 0) is 32.7 Å². The first-order valence-electron chi connectivity index (χ1n) is 4.52. The van der Waals surface area contributed by atoms with E-state index in [0.29, 0.717) is 12.0 Å².